The van der Waals surface area contributed by atoms with Gasteiger partial charge < -0.3 is 15.2 Å². The van der Waals surface area contributed by atoms with Crippen molar-refractivity contribution in [2.24, 2.45) is 0 Å². The van der Waals surface area contributed by atoms with Crippen LogP contribution in [0.1, 0.15) is 23.7 Å². The molecule has 0 bridgehead atoms. The number of nitrogens with one attached hydrogen (secondary N) is 1. The maximum atomic E-state index is 11.7. The number of ether oxygens (including phenoxy) is 1. The first-order valence-corrected chi connectivity index (χ1v) is 5.90. The Morgan fingerprint density at radius 1 is 1.53 bits per heavy atom. The Morgan fingerprint density at radius 2 is 2.26 bits per heavy atom. The van der Waals surface area contributed by atoms with Crippen LogP contribution in [0, 0.1) is 10.1 Å². The summed E-state index contributed by atoms with van der Waals surface area (Å²) in [4.78, 5) is 21.6. The van der Waals surface area contributed by atoms with E-state index in [9.17, 15) is 20.0 Å². The van der Waals surface area contributed by atoms with Gasteiger partial charge in [-0.25, -0.2) is 0 Å². The van der Waals surface area contributed by atoms with Crippen LogP contribution in [-0.2, 0) is 4.74 Å². The standard InChI is InChI=1S/C12H16N2O5/c1-2-19-8-4-7-13-12(16)9-5-3-6-10(11(9)15)14(17)18/h3,5-6,15H,2,4,7-8H2,1H3,(H,13,16). The van der Waals surface area contributed by atoms with Crippen LogP contribution in [0.4, 0.5) is 5.69 Å². The van der Waals surface area contributed by atoms with Crippen molar-refractivity contribution in [1.29, 1.82) is 0 Å². The molecule has 1 aromatic carbocycles. The molecule has 0 aliphatic rings. The van der Waals surface area contributed by atoms with Crippen molar-refractivity contribution >= 4 is 11.6 Å². The molecule has 0 fully saturated rings. The highest BCUT2D eigenvalue weighted by Crippen LogP contribution is 2.28. The first kappa shape index (κ1) is 14.9. The van der Waals surface area contributed by atoms with Gasteiger partial charge in [0, 0.05) is 25.8 Å². The first-order chi connectivity index (χ1) is 9.07. The van der Waals surface area contributed by atoms with E-state index in [1.54, 1.807) is 0 Å². The van der Waals surface area contributed by atoms with Crippen LogP contribution in [0.5, 0.6) is 5.75 Å². The lowest BCUT2D eigenvalue weighted by molar-refractivity contribution is -0.385. The van der Waals surface area contributed by atoms with Gasteiger partial charge in [0.05, 0.1) is 10.5 Å². The fourth-order valence-electron chi connectivity index (χ4n) is 1.48. The number of carbonyl (C=O) groups is 1. The molecule has 0 saturated carbocycles. The molecule has 1 amide bonds. The molecule has 0 heterocycles. The van der Waals surface area contributed by atoms with Crippen LogP contribution >= 0.6 is 0 Å². The number of nitro benzene ring substituents is 1. The summed E-state index contributed by atoms with van der Waals surface area (Å²) in [5.41, 5.74) is -0.590. The first-order valence-electron chi connectivity index (χ1n) is 5.90. The van der Waals surface area contributed by atoms with E-state index in [2.05, 4.69) is 5.32 Å². The van der Waals surface area contributed by atoms with Crippen molar-refractivity contribution in [3.8, 4) is 5.75 Å². The second kappa shape index (κ2) is 7.32. The average Bonchev–Trinajstić information content (AvgIpc) is 2.38. The number of benzene rings is 1. The number of aromatic hydroxyl groups is 1. The van der Waals surface area contributed by atoms with Crippen LogP contribution < -0.4 is 5.32 Å². The predicted molar refractivity (Wildman–Crippen MR) is 68.2 cm³/mol. The molecular weight excluding hydrogens is 252 g/mol. The summed E-state index contributed by atoms with van der Waals surface area (Å²) in [6.07, 6.45) is 0.634. The zero-order chi connectivity index (χ0) is 14.3. The van der Waals surface area contributed by atoms with Crippen molar-refractivity contribution in [3.05, 3.63) is 33.9 Å². The van der Waals surface area contributed by atoms with Gasteiger partial charge in [0.15, 0.2) is 0 Å². The largest absolute Gasteiger partial charge is 0.502 e. The molecular formula is C12H16N2O5. The van der Waals surface area contributed by atoms with Gasteiger partial charge in [0.1, 0.15) is 0 Å². The van der Waals surface area contributed by atoms with Gasteiger partial charge in [-0.1, -0.05) is 6.07 Å². The summed E-state index contributed by atoms with van der Waals surface area (Å²) in [5, 5.41) is 22.8. The Morgan fingerprint density at radius 3 is 2.89 bits per heavy atom. The maximum absolute atomic E-state index is 11.7. The average molecular weight is 268 g/mol. The summed E-state index contributed by atoms with van der Waals surface area (Å²) < 4.78 is 5.11. The van der Waals surface area contributed by atoms with Gasteiger partial charge in [0.25, 0.3) is 5.91 Å². The normalized spacial score (nSPS) is 10.2. The highest BCUT2D eigenvalue weighted by Gasteiger charge is 2.20. The number of phenols is 1. The summed E-state index contributed by atoms with van der Waals surface area (Å²) >= 11 is 0. The smallest absolute Gasteiger partial charge is 0.311 e. The third kappa shape index (κ3) is 4.22. The number of nitro groups is 1. The molecule has 0 unspecified atom stereocenters. The van der Waals surface area contributed by atoms with E-state index in [1.807, 2.05) is 6.92 Å². The number of rotatable bonds is 7. The van der Waals surface area contributed by atoms with E-state index in [-0.39, 0.29) is 5.56 Å². The zero-order valence-corrected chi connectivity index (χ0v) is 10.6. The van der Waals surface area contributed by atoms with Crippen LogP contribution in [0.25, 0.3) is 0 Å². The molecule has 7 nitrogen and oxygen atoms in total. The molecule has 0 saturated heterocycles. The minimum absolute atomic E-state index is 0.106. The van der Waals surface area contributed by atoms with Gasteiger partial charge in [-0.3, -0.25) is 14.9 Å². The Labute approximate surface area is 110 Å². The quantitative estimate of drug-likeness (QED) is 0.443. The molecule has 0 radical (unpaired) electrons. The topological polar surface area (TPSA) is 102 Å². The lowest BCUT2D eigenvalue weighted by Gasteiger charge is -2.07. The van der Waals surface area contributed by atoms with Crippen molar-refractivity contribution in [2.45, 2.75) is 13.3 Å². The monoisotopic (exact) mass is 268 g/mol. The summed E-state index contributed by atoms with van der Waals surface area (Å²) in [5.74, 6) is -1.16. The third-order valence-electron chi connectivity index (χ3n) is 2.41. The van der Waals surface area contributed by atoms with E-state index in [0.29, 0.717) is 26.2 Å². The van der Waals surface area contributed by atoms with Crippen LogP contribution in [0.3, 0.4) is 0 Å². The van der Waals surface area contributed by atoms with E-state index in [0.717, 1.165) is 6.07 Å². The predicted octanol–water partition coefficient (Wildman–Crippen LogP) is 1.46. The van der Waals surface area contributed by atoms with Crippen LogP contribution in [0.15, 0.2) is 18.2 Å². The van der Waals surface area contributed by atoms with Crippen molar-refractivity contribution < 1.29 is 19.6 Å². The lowest BCUT2D eigenvalue weighted by Crippen LogP contribution is -2.25. The number of para-hydroxylation sites is 1. The molecule has 7 heteroatoms. The van der Waals surface area contributed by atoms with E-state index in [1.165, 1.54) is 12.1 Å². The van der Waals surface area contributed by atoms with E-state index in [4.69, 9.17) is 4.74 Å². The van der Waals surface area contributed by atoms with Crippen LogP contribution in [-0.4, -0.2) is 35.7 Å². The Bertz CT molecular complexity index is 461. The fraction of sp³-hybridized carbons (Fsp3) is 0.417. The van der Waals surface area contributed by atoms with Crippen LogP contribution in [0.2, 0.25) is 0 Å². The van der Waals surface area contributed by atoms with E-state index < -0.39 is 22.3 Å². The lowest BCUT2D eigenvalue weighted by atomic mass is 10.1. The van der Waals surface area contributed by atoms with Gasteiger partial charge in [0.2, 0.25) is 5.75 Å². The molecule has 104 valence electrons. The highest BCUT2D eigenvalue weighted by molar-refractivity contribution is 5.98. The Kier molecular flexibility index (Phi) is 5.74. The summed E-state index contributed by atoms with van der Waals surface area (Å²) in [6.45, 7) is 3.39. The van der Waals surface area contributed by atoms with Crippen molar-refractivity contribution in [1.82, 2.24) is 5.32 Å². The van der Waals surface area contributed by atoms with E-state index >= 15 is 0 Å². The zero-order valence-electron chi connectivity index (χ0n) is 10.6. The number of phenolic OH excluding ortho intramolecular Hbond substituents is 1. The number of carbonyl (C=O) groups excluding carboxylic acids is 1. The minimum atomic E-state index is -0.735. The third-order valence-corrected chi connectivity index (χ3v) is 2.41. The number of amides is 1. The molecule has 0 aromatic heterocycles. The molecule has 1 aromatic rings. The molecule has 1 rings (SSSR count). The summed E-state index contributed by atoms with van der Waals surface area (Å²) in [7, 11) is 0. The Balaban J connectivity index is 2.62. The van der Waals surface area contributed by atoms with Gasteiger partial charge in [-0.05, 0) is 19.4 Å². The summed E-state index contributed by atoms with van der Waals surface area (Å²) in [6, 6.07) is 3.83. The van der Waals surface area contributed by atoms with Gasteiger partial charge in [-0.2, -0.15) is 0 Å². The molecule has 2 N–H and O–H groups in total. The molecule has 0 aliphatic carbocycles. The van der Waals surface area contributed by atoms with Gasteiger partial charge in [-0.15, -0.1) is 0 Å². The molecule has 0 spiro atoms. The number of hydrogen-bond donors (Lipinski definition) is 2. The second-order valence-electron chi connectivity index (χ2n) is 3.74. The molecule has 19 heavy (non-hydrogen) atoms. The van der Waals surface area contributed by atoms with Crippen molar-refractivity contribution in [3.63, 3.8) is 0 Å². The fourth-order valence-corrected chi connectivity index (χ4v) is 1.48. The maximum Gasteiger partial charge on any atom is 0.311 e. The van der Waals surface area contributed by atoms with Gasteiger partial charge >= 0.3 is 5.69 Å². The minimum Gasteiger partial charge on any atom is -0.502 e. The number of hydrogen-bond acceptors (Lipinski definition) is 5. The molecule has 0 aliphatic heterocycles. The number of nitrogens with zero attached hydrogens (tertiary/aromatic N) is 1. The second-order valence-corrected chi connectivity index (χ2v) is 3.74. The highest BCUT2D eigenvalue weighted by atomic mass is 16.6. The Hall–Kier alpha value is -2.15. The molecule has 0 atom stereocenters. The SMILES string of the molecule is CCOCCCNC(=O)c1cccc([N+](=O)[O-])c1O. The van der Waals surface area contributed by atoms with Crippen molar-refractivity contribution in [2.75, 3.05) is 19.8 Å².